The van der Waals surface area contributed by atoms with Gasteiger partial charge in [-0.3, -0.25) is 4.72 Å². The molecule has 0 heterocycles. The van der Waals surface area contributed by atoms with Crippen LogP contribution in [0.2, 0.25) is 5.02 Å². The summed E-state index contributed by atoms with van der Waals surface area (Å²) in [5.41, 5.74) is 5.56. The van der Waals surface area contributed by atoms with Crippen LogP contribution in [0.3, 0.4) is 0 Å². The van der Waals surface area contributed by atoms with Crippen LogP contribution in [0, 0.1) is 0 Å². The van der Waals surface area contributed by atoms with Crippen molar-refractivity contribution in [3.05, 3.63) is 23.2 Å². The Labute approximate surface area is 79.8 Å². The molecule has 0 aromatic heterocycles. The zero-order valence-electron chi connectivity index (χ0n) is 6.29. The number of nitrogens with two attached hydrogens (primary N) is 1. The molecule has 0 unspecified atom stereocenters. The van der Waals surface area contributed by atoms with E-state index < -0.39 is 10.4 Å². The first-order valence-corrected chi connectivity index (χ1v) is 4.92. The summed E-state index contributed by atoms with van der Waals surface area (Å²) in [7, 11) is -4.76. The fraction of sp³-hybridized carbons (Fsp3) is 0. The van der Waals surface area contributed by atoms with E-state index in [-0.39, 0.29) is 16.4 Å². The molecule has 0 aliphatic carbocycles. The Morgan fingerprint density at radius 2 is 2.08 bits per heavy atom. The number of rotatable bonds is 2. The minimum absolute atomic E-state index is 0.0319. The van der Waals surface area contributed by atoms with E-state index in [1.165, 1.54) is 18.2 Å². The average molecular weight is 225 g/mol. The van der Waals surface area contributed by atoms with Gasteiger partial charge in [-0.2, -0.15) is 8.42 Å². The number of benzene rings is 1. The third-order valence-corrected chi connectivity index (χ3v) is 2.06. The van der Waals surface area contributed by atoms with Gasteiger partial charge in [0.15, 0.2) is 0 Å². The fourth-order valence-corrected chi connectivity index (χ4v) is 1.27. The van der Waals surface area contributed by atoms with Crippen LogP contribution in [-0.4, -0.2) is 8.42 Å². The lowest BCUT2D eigenvalue weighted by atomic mass is 10.3. The summed E-state index contributed by atoms with van der Waals surface area (Å²) in [5.74, 6) is 0. The summed E-state index contributed by atoms with van der Waals surface area (Å²) in [6, 6.07) is 3.89. The maximum atomic E-state index is 12.1. The SMILES string of the molecule is Nc1cc(NS(=O)(=O)F)ccc1Cl. The van der Waals surface area contributed by atoms with Gasteiger partial charge in [0.05, 0.1) is 16.4 Å². The van der Waals surface area contributed by atoms with Crippen LogP contribution in [0.15, 0.2) is 18.2 Å². The van der Waals surface area contributed by atoms with Gasteiger partial charge in [0.1, 0.15) is 0 Å². The van der Waals surface area contributed by atoms with Gasteiger partial charge in [-0.05, 0) is 18.2 Å². The Kier molecular flexibility index (Phi) is 2.63. The number of halogens is 2. The smallest absolute Gasteiger partial charge is 0.396 e. The molecule has 0 atom stereocenters. The van der Waals surface area contributed by atoms with E-state index >= 15 is 0 Å². The van der Waals surface area contributed by atoms with Gasteiger partial charge < -0.3 is 5.73 Å². The van der Waals surface area contributed by atoms with Crippen LogP contribution in [0.5, 0.6) is 0 Å². The second-order valence-corrected chi connectivity index (χ2v) is 3.76. The lowest BCUT2D eigenvalue weighted by molar-refractivity contribution is 0.558. The van der Waals surface area contributed by atoms with Crippen molar-refractivity contribution in [1.29, 1.82) is 0 Å². The highest BCUT2D eigenvalue weighted by molar-refractivity contribution is 7.87. The van der Waals surface area contributed by atoms with E-state index in [0.29, 0.717) is 0 Å². The van der Waals surface area contributed by atoms with Crippen LogP contribution in [-0.2, 0) is 10.4 Å². The third kappa shape index (κ3) is 3.08. The molecule has 1 aromatic carbocycles. The van der Waals surface area contributed by atoms with Crippen LogP contribution >= 0.6 is 11.6 Å². The highest BCUT2D eigenvalue weighted by atomic mass is 35.5. The second-order valence-electron chi connectivity index (χ2n) is 2.28. The van der Waals surface area contributed by atoms with Crippen LogP contribution in [0.4, 0.5) is 15.3 Å². The predicted octanol–water partition coefficient (Wildman–Crippen LogP) is 1.55. The maximum absolute atomic E-state index is 12.1. The van der Waals surface area contributed by atoms with Crippen LogP contribution in [0.1, 0.15) is 0 Å². The van der Waals surface area contributed by atoms with Crippen molar-refractivity contribution >= 4 is 33.4 Å². The number of nitrogen functional groups attached to an aromatic ring is 1. The minimum atomic E-state index is -4.76. The van der Waals surface area contributed by atoms with Crippen LogP contribution in [0.25, 0.3) is 0 Å². The highest BCUT2D eigenvalue weighted by Gasteiger charge is 2.06. The van der Waals surface area contributed by atoms with Crippen molar-refractivity contribution < 1.29 is 12.3 Å². The van der Waals surface area contributed by atoms with E-state index in [1.54, 1.807) is 4.72 Å². The molecule has 0 radical (unpaired) electrons. The molecule has 7 heteroatoms. The summed E-state index contributed by atoms with van der Waals surface area (Å²) in [6.07, 6.45) is 0. The molecule has 13 heavy (non-hydrogen) atoms. The Balaban J connectivity index is 2.99. The zero-order valence-corrected chi connectivity index (χ0v) is 7.86. The Morgan fingerprint density at radius 1 is 1.46 bits per heavy atom. The number of hydrogen-bond donors (Lipinski definition) is 2. The predicted molar refractivity (Wildman–Crippen MR) is 49.5 cm³/mol. The number of hydrogen-bond acceptors (Lipinski definition) is 3. The van der Waals surface area contributed by atoms with E-state index in [4.69, 9.17) is 17.3 Å². The van der Waals surface area contributed by atoms with E-state index in [1.807, 2.05) is 0 Å². The maximum Gasteiger partial charge on any atom is 0.396 e. The molecular weight excluding hydrogens is 219 g/mol. The molecule has 0 bridgehead atoms. The summed E-state index contributed by atoms with van der Waals surface area (Å²) < 4.78 is 34.0. The summed E-state index contributed by atoms with van der Waals surface area (Å²) in [4.78, 5) is 0. The van der Waals surface area contributed by atoms with E-state index in [9.17, 15) is 12.3 Å². The number of nitrogens with one attached hydrogen (secondary N) is 1. The molecule has 0 aliphatic heterocycles. The van der Waals surface area contributed by atoms with Gasteiger partial charge in [-0.25, -0.2) is 0 Å². The van der Waals surface area contributed by atoms with Gasteiger partial charge >= 0.3 is 10.4 Å². The van der Waals surface area contributed by atoms with Gasteiger partial charge in [0, 0.05) is 0 Å². The molecule has 0 spiro atoms. The lowest BCUT2D eigenvalue weighted by Gasteiger charge is -2.02. The van der Waals surface area contributed by atoms with Crippen molar-refractivity contribution in [2.24, 2.45) is 0 Å². The first kappa shape index (κ1) is 10.1. The van der Waals surface area contributed by atoms with Crippen molar-refractivity contribution in [2.45, 2.75) is 0 Å². The highest BCUT2D eigenvalue weighted by Crippen LogP contribution is 2.22. The Bertz CT molecular complexity index is 421. The molecule has 0 saturated heterocycles. The van der Waals surface area contributed by atoms with Gasteiger partial charge in [-0.15, -0.1) is 0 Å². The summed E-state index contributed by atoms with van der Waals surface area (Å²) >= 11 is 5.56. The second kappa shape index (κ2) is 3.39. The van der Waals surface area contributed by atoms with E-state index in [2.05, 4.69) is 0 Å². The zero-order chi connectivity index (χ0) is 10.1. The summed E-state index contributed by atoms with van der Waals surface area (Å²) in [5, 5.41) is 0.279. The topological polar surface area (TPSA) is 72.2 Å². The van der Waals surface area contributed by atoms with Crippen LogP contribution < -0.4 is 10.5 Å². The molecule has 1 rings (SSSR count). The quantitative estimate of drug-likeness (QED) is 0.591. The molecule has 0 saturated carbocycles. The van der Waals surface area contributed by atoms with E-state index in [0.717, 1.165) is 0 Å². The van der Waals surface area contributed by atoms with Gasteiger partial charge in [0.25, 0.3) is 0 Å². The molecular formula is C6H6ClFN2O2S. The Hall–Kier alpha value is -1.01. The summed E-state index contributed by atoms with van der Waals surface area (Å²) in [6.45, 7) is 0. The molecule has 0 fully saturated rings. The largest absolute Gasteiger partial charge is 0.397 e. The first-order chi connectivity index (χ1) is 5.88. The monoisotopic (exact) mass is 224 g/mol. The fourth-order valence-electron chi connectivity index (χ4n) is 0.748. The van der Waals surface area contributed by atoms with Crippen molar-refractivity contribution in [1.82, 2.24) is 0 Å². The molecule has 4 nitrogen and oxygen atoms in total. The third-order valence-electron chi connectivity index (χ3n) is 1.24. The molecule has 3 N–H and O–H groups in total. The van der Waals surface area contributed by atoms with Gasteiger partial charge in [0.2, 0.25) is 0 Å². The first-order valence-electron chi connectivity index (χ1n) is 3.16. The Morgan fingerprint density at radius 3 is 2.54 bits per heavy atom. The van der Waals surface area contributed by atoms with Crippen molar-refractivity contribution in [2.75, 3.05) is 10.5 Å². The molecule has 0 amide bonds. The normalized spacial score (nSPS) is 11.2. The molecule has 72 valence electrons. The standard InChI is InChI=1S/C6H6ClFN2O2S/c7-5-2-1-4(3-6(5)9)10-13(8,11)12/h1-3,10H,9H2. The van der Waals surface area contributed by atoms with Gasteiger partial charge in [-0.1, -0.05) is 15.5 Å². The minimum Gasteiger partial charge on any atom is -0.397 e. The van der Waals surface area contributed by atoms with Crippen molar-refractivity contribution in [3.8, 4) is 0 Å². The van der Waals surface area contributed by atoms with Crippen molar-refractivity contribution in [3.63, 3.8) is 0 Å². The lowest BCUT2D eigenvalue weighted by Crippen LogP contribution is -2.05. The average Bonchev–Trinajstić information content (AvgIpc) is 1.94. The number of anilines is 2. The molecule has 1 aromatic rings. The molecule has 0 aliphatic rings.